The third kappa shape index (κ3) is 5.65. The minimum absolute atomic E-state index is 0.0455. The Morgan fingerprint density at radius 1 is 1.00 bits per heavy atom. The molecule has 130 valence electrons. The normalized spacial score (nSPS) is 11.1. The van der Waals surface area contributed by atoms with E-state index < -0.39 is 39.9 Å². The minimum atomic E-state index is -2.24. The van der Waals surface area contributed by atoms with Gasteiger partial charge in [-0.1, -0.05) is 0 Å². The molecule has 0 saturated heterocycles. The summed E-state index contributed by atoms with van der Waals surface area (Å²) in [5.74, 6) is -10.9. The molecule has 1 rings (SSSR count). The Morgan fingerprint density at radius 2 is 1.52 bits per heavy atom. The number of nitrogens with one attached hydrogen (secondary N) is 1. The van der Waals surface area contributed by atoms with Gasteiger partial charge in [-0.15, -0.1) is 0 Å². The van der Waals surface area contributed by atoms with E-state index in [4.69, 9.17) is 4.74 Å². The highest BCUT2D eigenvalue weighted by atomic mass is 32.2. The Bertz CT molecular complexity index is 540. The summed E-state index contributed by atoms with van der Waals surface area (Å²) in [5.41, 5.74) is 0. The van der Waals surface area contributed by atoms with Gasteiger partial charge in [-0.05, 0) is 38.6 Å². The Morgan fingerprint density at radius 3 is 2.04 bits per heavy atom. The number of halogens is 5. The Kier molecular flexibility index (Phi) is 7.77. The van der Waals surface area contributed by atoms with Crippen molar-refractivity contribution in [2.24, 2.45) is 0 Å². The first-order valence-corrected chi connectivity index (χ1v) is 7.66. The fourth-order valence-corrected chi connectivity index (χ4v) is 2.22. The van der Waals surface area contributed by atoms with Crippen LogP contribution in [0.25, 0.3) is 0 Å². The van der Waals surface area contributed by atoms with Gasteiger partial charge in [-0.25, -0.2) is 22.0 Å². The van der Waals surface area contributed by atoms with E-state index in [2.05, 4.69) is 4.72 Å². The molecule has 1 aromatic carbocycles. The molecule has 23 heavy (non-hydrogen) atoms. The molecule has 1 N–H and O–H groups in total. The molecular weight excluding hydrogens is 341 g/mol. The van der Waals surface area contributed by atoms with Gasteiger partial charge in [0.1, 0.15) is 4.90 Å². The zero-order valence-electron chi connectivity index (χ0n) is 12.5. The predicted molar refractivity (Wildman–Crippen MR) is 75.2 cm³/mol. The van der Waals surface area contributed by atoms with Gasteiger partial charge in [-0.3, -0.25) is 9.52 Å². The lowest BCUT2D eigenvalue weighted by atomic mass is 10.2. The second-order valence-corrected chi connectivity index (χ2v) is 5.72. The van der Waals surface area contributed by atoms with E-state index in [1.807, 2.05) is 13.8 Å². The van der Waals surface area contributed by atoms with Crippen molar-refractivity contribution in [1.82, 2.24) is 4.72 Å². The van der Waals surface area contributed by atoms with Crippen molar-refractivity contribution in [3.05, 3.63) is 29.1 Å². The summed E-state index contributed by atoms with van der Waals surface area (Å²) in [4.78, 5) is 10.4. The molecule has 0 unspecified atom stereocenters. The van der Waals surface area contributed by atoms with Gasteiger partial charge in [0.05, 0.1) is 6.10 Å². The number of carbonyl (C=O) groups excluding carboxylic acids is 1. The molecule has 0 radical (unpaired) electrons. The number of benzene rings is 1. The van der Waals surface area contributed by atoms with Crippen molar-refractivity contribution in [1.29, 1.82) is 0 Å². The lowest BCUT2D eigenvalue weighted by molar-refractivity contribution is -0.119. The number of hydrogen-bond acceptors (Lipinski definition) is 3. The molecule has 0 spiro atoms. The molecule has 1 aromatic rings. The van der Waals surface area contributed by atoms with Gasteiger partial charge in [0.15, 0.2) is 23.3 Å². The maximum Gasteiger partial charge on any atom is 0.230 e. The second kappa shape index (κ2) is 9.07. The Labute approximate surface area is 134 Å². The molecule has 9 heteroatoms. The van der Waals surface area contributed by atoms with Crippen LogP contribution < -0.4 is 4.72 Å². The molecule has 0 aromatic heterocycles. The first-order chi connectivity index (χ1) is 10.8. The van der Waals surface area contributed by atoms with Crippen LogP contribution in [0.2, 0.25) is 0 Å². The summed E-state index contributed by atoms with van der Waals surface area (Å²) in [6.07, 6.45) is 1.20. The summed E-state index contributed by atoms with van der Waals surface area (Å²) in [7, 11) is 0. The molecular formula is C14H16F5NO2S. The lowest BCUT2D eigenvalue weighted by Crippen LogP contribution is -2.17. The van der Waals surface area contributed by atoms with Crippen LogP contribution in [0.1, 0.15) is 33.1 Å². The molecule has 0 aliphatic rings. The van der Waals surface area contributed by atoms with E-state index in [9.17, 15) is 26.7 Å². The van der Waals surface area contributed by atoms with Gasteiger partial charge < -0.3 is 4.74 Å². The quantitative estimate of drug-likeness (QED) is 0.250. The highest BCUT2D eigenvalue weighted by Gasteiger charge is 2.26. The van der Waals surface area contributed by atoms with Gasteiger partial charge >= 0.3 is 0 Å². The van der Waals surface area contributed by atoms with Crippen molar-refractivity contribution < 1.29 is 31.5 Å². The average molecular weight is 357 g/mol. The molecule has 0 heterocycles. The fourth-order valence-electron chi connectivity index (χ4n) is 1.54. The molecule has 1 amide bonds. The van der Waals surface area contributed by atoms with E-state index in [0.29, 0.717) is 19.4 Å². The number of rotatable bonds is 8. The fraction of sp³-hybridized carbons (Fsp3) is 0.500. The number of carbonyl (C=O) groups is 1. The summed E-state index contributed by atoms with van der Waals surface area (Å²) in [5, 5.41) is 0. The maximum atomic E-state index is 13.4. The van der Waals surface area contributed by atoms with Gasteiger partial charge in [0.2, 0.25) is 11.7 Å². The zero-order chi connectivity index (χ0) is 17.6. The van der Waals surface area contributed by atoms with Crippen molar-refractivity contribution in [3.8, 4) is 0 Å². The number of hydrogen-bond donors (Lipinski definition) is 1. The maximum absolute atomic E-state index is 13.4. The number of amides is 1. The molecule has 0 atom stereocenters. The number of ether oxygens (including phenoxy) is 1. The molecule has 0 bridgehead atoms. The smallest absolute Gasteiger partial charge is 0.230 e. The summed E-state index contributed by atoms with van der Waals surface area (Å²) < 4.78 is 72.9. The van der Waals surface area contributed by atoms with E-state index in [-0.39, 0.29) is 24.5 Å². The van der Waals surface area contributed by atoms with Crippen LogP contribution in [-0.2, 0) is 9.53 Å². The Balaban J connectivity index is 2.51. The topological polar surface area (TPSA) is 38.3 Å². The average Bonchev–Trinajstić information content (AvgIpc) is 2.50. The molecule has 0 saturated carbocycles. The van der Waals surface area contributed by atoms with Gasteiger partial charge in [0.25, 0.3) is 0 Å². The largest absolute Gasteiger partial charge is 0.379 e. The highest BCUT2D eigenvalue weighted by molar-refractivity contribution is 7.98. The van der Waals surface area contributed by atoms with Crippen LogP contribution in [0, 0.1) is 29.1 Å². The van der Waals surface area contributed by atoms with Crippen molar-refractivity contribution in [2.45, 2.75) is 44.1 Å². The summed E-state index contributed by atoms with van der Waals surface area (Å²) >= 11 is 0.0600. The molecule has 0 fully saturated rings. The minimum Gasteiger partial charge on any atom is -0.379 e. The molecule has 0 aliphatic carbocycles. The van der Waals surface area contributed by atoms with Gasteiger partial charge in [-0.2, -0.15) is 0 Å². The standard InChI is InChI=1S/C14H16F5NO2S/c1-7(2)22-6-4-3-5-8(21)20-23-14-12(18)10(16)9(15)11(17)13(14)19/h7H,3-6H2,1-2H3,(H,20,21). The van der Waals surface area contributed by atoms with Crippen molar-refractivity contribution in [2.75, 3.05) is 6.61 Å². The van der Waals surface area contributed by atoms with Crippen LogP contribution >= 0.6 is 11.9 Å². The second-order valence-electron chi connectivity index (χ2n) is 4.90. The number of unbranched alkanes of at least 4 members (excludes halogenated alkanes) is 1. The monoisotopic (exact) mass is 357 g/mol. The van der Waals surface area contributed by atoms with E-state index in [0.717, 1.165) is 0 Å². The van der Waals surface area contributed by atoms with E-state index in [1.165, 1.54) is 0 Å². The molecule has 0 aliphatic heterocycles. The zero-order valence-corrected chi connectivity index (χ0v) is 13.3. The van der Waals surface area contributed by atoms with Gasteiger partial charge in [0, 0.05) is 13.0 Å². The lowest BCUT2D eigenvalue weighted by Gasteiger charge is -2.09. The molecule has 3 nitrogen and oxygen atoms in total. The third-order valence-electron chi connectivity index (χ3n) is 2.69. The van der Waals surface area contributed by atoms with Crippen LogP contribution in [0.15, 0.2) is 4.90 Å². The Hall–Kier alpha value is -1.35. The van der Waals surface area contributed by atoms with Crippen LogP contribution in [0.3, 0.4) is 0 Å². The SMILES string of the molecule is CC(C)OCCCCC(=O)NSc1c(F)c(F)c(F)c(F)c1F. The van der Waals surface area contributed by atoms with Crippen molar-refractivity contribution in [3.63, 3.8) is 0 Å². The van der Waals surface area contributed by atoms with Crippen LogP contribution in [0.4, 0.5) is 22.0 Å². The highest BCUT2D eigenvalue weighted by Crippen LogP contribution is 2.29. The third-order valence-corrected chi connectivity index (χ3v) is 3.58. The van der Waals surface area contributed by atoms with E-state index in [1.54, 1.807) is 0 Å². The summed E-state index contributed by atoms with van der Waals surface area (Å²) in [6.45, 7) is 4.20. The van der Waals surface area contributed by atoms with E-state index >= 15 is 0 Å². The first-order valence-electron chi connectivity index (χ1n) is 6.84. The van der Waals surface area contributed by atoms with Crippen LogP contribution in [0.5, 0.6) is 0 Å². The predicted octanol–water partition coefficient (Wildman–Crippen LogP) is 4.10. The first kappa shape index (κ1) is 19.7. The van der Waals surface area contributed by atoms with Crippen molar-refractivity contribution >= 4 is 17.9 Å². The van der Waals surface area contributed by atoms with Crippen LogP contribution in [-0.4, -0.2) is 18.6 Å². The summed E-state index contributed by atoms with van der Waals surface area (Å²) in [6, 6.07) is 0.